The average Bonchev–Trinajstić information content (AvgIpc) is 3.53. The van der Waals surface area contributed by atoms with E-state index in [1.54, 1.807) is 24.7 Å². The molecule has 0 bridgehead atoms. The van der Waals surface area contributed by atoms with Crippen LogP contribution in [0.2, 0.25) is 0 Å². The number of hydrogen-bond acceptors (Lipinski definition) is 5. The first-order valence-corrected chi connectivity index (χ1v) is 12.4. The van der Waals surface area contributed by atoms with Gasteiger partial charge in [-0.1, -0.05) is 12.1 Å². The molecule has 8 nitrogen and oxygen atoms in total. The van der Waals surface area contributed by atoms with Gasteiger partial charge in [0, 0.05) is 51.0 Å². The van der Waals surface area contributed by atoms with Crippen molar-refractivity contribution in [2.45, 2.75) is 30.7 Å². The molecule has 0 radical (unpaired) electrons. The summed E-state index contributed by atoms with van der Waals surface area (Å²) >= 11 is 0. The summed E-state index contributed by atoms with van der Waals surface area (Å²) in [6.45, 7) is 3.62. The van der Waals surface area contributed by atoms with Crippen LogP contribution in [-0.4, -0.2) is 55.4 Å². The second-order valence-corrected chi connectivity index (χ2v) is 10.6. The molecule has 4 rings (SSSR count). The first kappa shape index (κ1) is 23.0. The lowest BCUT2D eigenvalue weighted by molar-refractivity contribution is 0.0940. The lowest BCUT2D eigenvalue weighted by Gasteiger charge is -2.23. The number of aromatic nitrogens is 2. The van der Waals surface area contributed by atoms with Gasteiger partial charge in [-0.3, -0.25) is 4.79 Å². The summed E-state index contributed by atoms with van der Waals surface area (Å²) in [6.07, 6.45) is 7.43. The zero-order valence-corrected chi connectivity index (χ0v) is 19.9. The maximum absolute atomic E-state index is 13.4. The Hall–Kier alpha value is -3.17. The predicted octanol–water partition coefficient (Wildman–Crippen LogP) is 3.21. The minimum Gasteiger partial charge on any atom is -0.371 e. The molecule has 33 heavy (non-hydrogen) atoms. The fourth-order valence-corrected chi connectivity index (χ4v) is 4.94. The van der Waals surface area contributed by atoms with Gasteiger partial charge in [0.15, 0.2) is 0 Å². The van der Waals surface area contributed by atoms with Gasteiger partial charge in [-0.05, 0) is 55.7 Å². The Bertz CT molecular complexity index is 1220. The highest BCUT2D eigenvalue weighted by Crippen LogP contribution is 2.29. The van der Waals surface area contributed by atoms with Gasteiger partial charge in [0.05, 0.1) is 22.8 Å². The van der Waals surface area contributed by atoms with Gasteiger partial charge in [0.25, 0.3) is 5.91 Å². The van der Waals surface area contributed by atoms with E-state index in [2.05, 4.69) is 15.2 Å². The number of anilines is 1. The van der Waals surface area contributed by atoms with Gasteiger partial charge in [-0.15, -0.1) is 0 Å². The van der Waals surface area contributed by atoms with Crippen LogP contribution in [0.25, 0.3) is 5.69 Å². The smallest absolute Gasteiger partial charge is 0.253 e. The van der Waals surface area contributed by atoms with E-state index >= 15 is 0 Å². The number of sulfonamides is 1. The molecule has 2 heterocycles. The summed E-state index contributed by atoms with van der Waals surface area (Å²) in [4.78, 5) is 19.7. The van der Waals surface area contributed by atoms with Crippen molar-refractivity contribution in [2.75, 3.05) is 32.1 Å². The van der Waals surface area contributed by atoms with Crippen LogP contribution in [0.5, 0.6) is 0 Å². The predicted molar refractivity (Wildman–Crippen MR) is 128 cm³/mol. The number of nitrogens with one attached hydrogen (secondary N) is 1. The van der Waals surface area contributed by atoms with Crippen LogP contribution >= 0.6 is 0 Å². The monoisotopic (exact) mass is 467 g/mol. The molecule has 0 saturated carbocycles. The van der Waals surface area contributed by atoms with Crippen molar-refractivity contribution in [3.05, 3.63) is 72.3 Å². The Kier molecular flexibility index (Phi) is 6.53. The van der Waals surface area contributed by atoms with E-state index in [4.69, 9.17) is 0 Å². The lowest BCUT2D eigenvalue weighted by Crippen LogP contribution is -2.30. The van der Waals surface area contributed by atoms with E-state index in [1.165, 1.54) is 20.2 Å². The van der Waals surface area contributed by atoms with Crippen LogP contribution in [-0.2, 0) is 10.0 Å². The SMILES string of the molecule is C[C@@H](NC(=O)c1cc(S(=O)(=O)N(C)C)ccc1N1CCCC1)c1ccc(-n2ccnc2)cc1. The molecule has 1 aliphatic rings. The zero-order valence-electron chi connectivity index (χ0n) is 19.1. The van der Waals surface area contributed by atoms with Crippen LogP contribution in [0.1, 0.15) is 41.7 Å². The molecule has 3 aromatic rings. The molecule has 1 fully saturated rings. The molecular weight excluding hydrogens is 438 g/mol. The molecule has 1 saturated heterocycles. The molecular formula is C24H29N5O3S. The number of hydrogen-bond donors (Lipinski definition) is 1. The molecule has 174 valence electrons. The van der Waals surface area contributed by atoms with Crippen molar-refractivity contribution in [2.24, 2.45) is 0 Å². The summed E-state index contributed by atoms with van der Waals surface area (Å²) in [5, 5.41) is 3.05. The lowest BCUT2D eigenvalue weighted by atomic mass is 10.1. The maximum atomic E-state index is 13.4. The average molecular weight is 468 g/mol. The van der Waals surface area contributed by atoms with E-state index in [-0.39, 0.29) is 16.8 Å². The van der Waals surface area contributed by atoms with Gasteiger partial charge >= 0.3 is 0 Å². The van der Waals surface area contributed by atoms with E-state index < -0.39 is 10.0 Å². The first-order chi connectivity index (χ1) is 15.8. The summed E-state index contributed by atoms with van der Waals surface area (Å²) in [7, 11) is -0.683. The third kappa shape index (κ3) is 4.79. The minimum atomic E-state index is -3.65. The number of amides is 1. The number of benzene rings is 2. The Morgan fingerprint density at radius 1 is 1.09 bits per heavy atom. The van der Waals surface area contributed by atoms with Crippen LogP contribution in [0.4, 0.5) is 5.69 Å². The maximum Gasteiger partial charge on any atom is 0.253 e. The van der Waals surface area contributed by atoms with Crippen molar-refractivity contribution >= 4 is 21.6 Å². The molecule has 1 amide bonds. The summed E-state index contributed by atoms with van der Waals surface area (Å²) in [5.74, 6) is -0.293. The van der Waals surface area contributed by atoms with E-state index in [1.807, 2.05) is 42.0 Å². The van der Waals surface area contributed by atoms with Gasteiger partial charge in [-0.2, -0.15) is 0 Å². The topological polar surface area (TPSA) is 87.5 Å². The molecule has 0 aliphatic carbocycles. The fraction of sp³-hybridized carbons (Fsp3) is 0.333. The van der Waals surface area contributed by atoms with Gasteiger partial charge in [0.1, 0.15) is 0 Å². The number of imidazole rings is 1. The highest BCUT2D eigenvalue weighted by Gasteiger charge is 2.25. The van der Waals surface area contributed by atoms with E-state index in [0.717, 1.165) is 47.2 Å². The fourth-order valence-electron chi connectivity index (χ4n) is 4.01. The summed E-state index contributed by atoms with van der Waals surface area (Å²) < 4.78 is 28.4. The number of carbonyl (C=O) groups excluding carboxylic acids is 1. The molecule has 1 aromatic heterocycles. The van der Waals surface area contributed by atoms with Gasteiger partial charge in [-0.25, -0.2) is 17.7 Å². The number of carbonyl (C=O) groups is 1. The van der Waals surface area contributed by atoms with Gasteiger partial charge in [0.2, 0.25) is 10.0 Å². The Morgan fingerprint density at radius 3 is 2.39 bits per heavy atom. The van der Waals surface area contributed by atoms with Crippen molar-refractivity contribution in [1.29, 1.82) is 0 Å². The third-order valence-electron chi connectivity index (χ3n) is 5.98. The van der Waals surface area contributed by atoms with Crippen LogP contribution in [0, 0.1) is 0 Å². The van der Waals surface area contributed by atoms with E-state index in [0.29, 0.717) is 5.56 Å². The Morgan fingerprint density at radius 2 is 1.79 bits per heavy atom. The summed E-state index contributed by atoms with van der Waals surface area (Å²) in [5.41, 5.74) is 3.08. The molecule has 0 unspecified atom stereocenters. The van der Waals surface area contributed by atoms with Gasteiger partial charge < -0.3 is 14.8 Å². The zero-order chi connectivity index (χ0) is 23.6. The molecule has 1 atom stereocenters. The number of nitrogens with zero attached hydrogens (tertiary/aromatic N) is 4. The van der Waals surface area contributed by atoms with Crippen LogP contribution < -0.4 is 10.2 Å². The molecule has 9 heteroatoms. The summed E-state index contributed by atoms with van der Waals surface area (Å²) in [6, 6.07) is 12.4. The highest BCUT2D eigenvalue weighted by molar-refractivity contribution is 7.89. The molecule has 1 N–H and O–H groups in total. The Balaban J connectivity index is 1.60. The molecule has 1 aliphatic heterocycles. The second-order valence-electron chi connectivity index (χ2n) is 8.42. The normalized spacial score (nSPS) is 15.1. The van der Waals surface area contributed by atoms with Crippen LogP contribution in [0.3, 0.4) is 0 Å². The van der Waals surface area contributed by atoms with Crippen molar-refractivity contribution < 1.29 is 13.2 Å². The standard InChI is InChI=1S/C24H29N5O3S/c1-18(19-6-8-20(9-7-19)29-15-12-25-17-29)26-24(30)22-16-21(33(31,32)27(2)3)10-11-23(22)28-13-4-5-14-28/h6-12,15-18H,4-5,13-14H2,1-3H3,(H,26,30)/t18-/m1/s1. The van der Waals surface area contributed by atoms with E-state index in [9.17, 15) is 13.2 Å². The first-order valence-electron chi connectivity index (χ1n) is 11.0. The minimum absolute atomic E-state index is 0.109. The third-order valence-corrected chi connectivity index (χ3v) is 7.79. The highest BCUT2D eigenvalue weighted by atomic mass is 32.2. The number of rotatable bonds is 7. The van der Waals surface area contributed by atoms with Crippen molar-refractivity contribution in [3.63, 3.8) is 0 Å². The Labute approximate surface area is 194 Å². The quantitative estimate of drug-likeness (QED) is 0.577. The van der Waals surface area contributed by atoms with Crippen LogP contribution in [0.15, 0.2) is 66.1 Å². The van der Waals surface area contributed by atoms with Crippen molar-refractivity contribution in [1.82, 2.24) is 19.2 Å². The van der Waals surface area contributed by atoms with Crippen molar-refractivity contribution in [3.8, 4) is 5.69 Å². The largest absolute Gasteiger partial charge is 0.371 e. The second kappa shape index (κ2) is 9.36. The molecule has 0 spiro atoms. The molecule has 2 aromatic carbocycles.